The molecule has 0 spiro atoms. The summed E-state index contributed by atoms with van der Waals surface area (Å²) in [7, 11) is -2.91. The van der Waals surface area contributed by atoms with Crippen LogP contribution in [0.2, 0.25) is 0 Å². The first kappa shape index (κ1) is 14.3. The normalized spacial score (nSPS) is 37.6. The highest BCUT2D eigenvalue weighted by molar-refractivity contribution is 7.91. The van der Waals surface area contributed by atoms with Crippen LogP contribution in [0.15, 0.2) is 0 Å². The minimum Gasteiger partial charge on any atom is -0.329 e. The highest BCUT2D eigenvalue weighted by atomic mass is 32.2. The van der Waals surface area contributed by atoms with Crippen molar-refractivity contribution in [3.05, 3.63) is 0 Å². The molecule has 0 aliphatic carbocycles. The smallest absolute Gasteiger partial charge is 0.152 e. The van der Waals surface area contributed by atoms with Crippen molar-refractivity contribution in [1.29, 1.82) is 0 Å². The summed E-state index contributed by atoms with van der Waals surface area (Å²) in [6, 6.07) is 0.524. The molecule has 4 nitrogen and oxygen atoms in total. The van der Waals surface area contributed by atoms with Crippen molar-refractivity contribution in [3.63, 3.8) is 0 Å². The van der Waals surface area contributed by atoms with Crippen molar-refractivity contribution in [3.8, 4) is 0 Å². The van der Waals surface area contributed by atoms with E-state index >= 15 is 0 Å². The predicted molar refractivity (Wildman–Crippen MR) is 74.3 cm³/mol. The first-order valence-corrected chi connectivity index (χ1v) is 9.02. The van der Waals surface area contributed by atoms with Gasteiger partial charge in [0.05, 0.1) is 11.5 Å². The van der Waals surface area contributed by atoms with Gasteiger partial charge in [0.15, 0.2) is 9.84 Å². The Kier molecular flexibility index (Phi) is 4.34. The van der Waals surface area contributed by atoms with Crippen LogP contribution in [-0.2, 0) is 9.84 Å². The average molecular weight is 274 g/mol. The molecule has 0 aromatic carbocycles. The Labute approximate surface area is 111 Å². The lowest BCUT2D eigenvalue weighted by Crippen LogP contribution is -2.64. The average Bonchev–Trinajstić information content (AvgIpc) is 2.37. The van der Waals surface area contributed by atoms with Crippen molar-refractivity contribution < 1.29 is 8.42 Å². The maximum absolute atomic E-state index is 12.0. The molecule has 2 unspecified atom stereocenters. The monoisotopic (exact) mass is 274 g/mol. The van der Waals surface area contributed by atoms with Crippen LogP contribution in [0.4, 0.5) is 0 Å². The Hall–Kier alpha value is -0.130. The van der Waals surface area contributed by atoms with Crippen LogP contribution >= 0.6 is 0 Å². The summed E-state index contributed by atoms with van der Waals surface area (Å²) in [5.41, 5.74) is 5.72. The Balaban J connectivity index is 2.24. The molecule has 2 aliphatic heterocycles. The molecule has 0 radical (unpaired) electrons. The molecule has 0 aromatic rings. The lowest BCUT2D eigenvalue weighted by Gasteiger charge is -2.51. The molecule has 2 N–H and O–H groups in total. The van der Waals surface area contributed by atoms with Gasteiger partial charge in [-0.2, -0.15) is 0 Å². The van der Waals surface area contributed by atoms with Crippen LogP contribution in [-0.4, -0.2) is 49.5 Å². The van der Waals surface area contributed by atoms with E-state index in [0.717, 1.165) is 25.8 Å². The minimum atomic E-state index is -2.91. The fourth-order valence-electron chi connectivity index (χ4n) is 3.73. The number of piperidine rings is 1. The van der Waals surface area contributed by atoms with Crippen LogP contribution < -0.4 is 5.73 Å². The second-order valence-corrected chi connectivity index (χ2v) is 8.06. The highest BCUT2D eigenvalue weighted by Gasteiger charge is 2.45. The lowest BCUT2D eigenvalue weighted by molar-refractivity contribution is 0.0255. The van der Waals surface area contributed by atoms with Gasteiger partial charge in [0, 0.05) is 18.1 Å². The number of nitrogens with two attached hydrogens (primary N) is 1. The fraction of sp³-hybridized carbons (Fsp3) is 1.00. The van der Waals surface area contributed by atoms with Crippen LogP contribution in [0, 0.1) is 0 Å². The number of sulfone groups is 1. The van der Waals surface area contributed by atoms with Crippen LogP contribution in [0.1, 0.15) is 45.4 Å². The fourth-order valence-corrected chi connectivity index (χ4v) is 5.70. The topological polar surface area (TPSA) is 63.4 Å². The number of hydrogen-bond acceptors (Lipinski definition) is 4. The van der Waals surface area contributed by atoms with E-state index in [2.05, 4.69) is 11.8 Å². The van der Waals surface area contributed by atoms with Gasteiger partial charge in [0.25, 0.3) is 0 Å². The highest BCUT2D eigenvalue weighted by Crippen LogP contribution is 2.34. The number of likely N-dealkylation sites (tertiary alicyclic amines) is 1. The number of rotatable bonds is 3. The molecule has 2 atom stereocenters. The summed E-state index contributed by atoms with van der Waals surface area (Å²) in [5, 5.41) is 0. The minimum absolute atomic E-state index is 0.271. The number of nitrogens with zero attached hydrogens (tertiary/aromatic N) is 1. The van der Waals surface area contributed by atoms with Gasteiger partial charge in [-0.05, 0) is 38.6 Å². The van der Waals surface area contributed by atoms with Gasteiger partial charge in [-0.25, -0.2) is 8.42 Å². The maximum Gasteiger partial charge on any atom is 0.152 e. The van der Waals surface area contributed by atoms with Crippen LogP contribution in [0.3, 0.4) is 0 Å². The van der Waals surface area contributed by atoms with Crippen molar-refractivity contribution >= 4 is 9.84 Å². The molecule has 18 heavy (non-hydrogen) atoms. The predicted octanol–water partition coefficient (Wildman–Crippen LogP) is 1.16. The molecule has 0 saturated carbocycles. The SMILES string of the molecule is CCC1CCCCN1C1(CN)CCCS(=O)(=O)C1. The zero-order valence-corrected chi connectivity index (χ0v) is 12.2. The van der Waals surface area contributed by atoms with E-state index < -0.39 is 9.84 Å². The van der Waals surface area contributed by atoms with Gasteiger partial charge in [0.2, 0.25) is 0 Å². The maximum atomic E-state index is 12.0. The van der Waals surface area contributed by atoms with E-state index in [0.29, 0.717) is 18.3 Å². The van der Waals surface area contributed by atoms with Crippen molar-refractivity contribution in [2.24, 2.45) is 5.73 Å². The Bertz CT molecular complexity index is 382. The summed E-state index contributed by atoms with van der Waals surface area (Å²) in [6.07, 6.45) is 6.45. The quantitative estimate of drug-likeness (QED) is 0.839. The molecule has 2 aliphatic rings. The first-order valence-electron chi connectivity index (χ1n) is 7.20. The van der Waals surface area contributed by atoms with E-state index in [1.807, 2.05) is 0 Å². The summed E-state index contributed by atoms with van der Waals surface area (Å²) >= 11 is 0. The summed E-state index contributed by atoms with van der Waals surface area (Å²) in [4.78, 5) is 2.44. The summed E-state index contributed by atoms with van der Waals surface area (Å²) in [6.45, 7) is 3.69. The number of hydrogen-bond donors (Lipinski definition) is 1. The molecular weight excluding hydrogens is 248 g/mol. The van der Waals surface area contributed by atoms with Crippen LogP contribution in [0.5, 0.6) is 0 Å². The zero-order chi connectivity index (χ0) is 13.2. The van der Waals surface area contributed by atoms with Gasteiger partial charge in [-0.15, -0.1) is 0 Å². The van der Waals surface area contributed by atoms with E-state index in [4.69, 9.17) is 5.73 Å². The molecule has 0 aromatic heterocycles. The van der Waals surface area contributed by atoms with Gasteiger partial charge in [-0.3, -0.25) is 4.90 Å². The summed E-state index contributed by atoms with van der Waals surface area (Å²) in [5.74, 6) is 0.617. The van der Waals surface area contributed by atoms with E-state index in [-0.39, 0.29) is 11.3 Å². The lowest BCUT2D eigenvalue weighted by atomic mass is 9.87. The van der Waals surface area contributed by atoms with Gasteiger partial charge < -0.3 is 5.73 Å². The third kappa shape index (κ3) is 2.73. The molecule has 0 amide bonds. The van der Waals surface area contributed by atoms with Crippen LogP contribution in [0.25, 0.3) is 0 Å². The molecule has 2 heterocycles. The molecule has 5 heteroatoms. The van der Waals surface area contributed by atoms with Crippen molar-refractivity contribution in [1.82, 2.24) is 4.90 Å². The van der Waals surface area contributed by atoms with Crippen molar-refractivity contribution in [2.45, 2.75) is 57.0 Å². The zero-order valence-electron chi connectivity index (χ0n) is 11.4. The van der Waals surface area contributed by atoms with Gasteiger partial charge >= 0.3 is 0 Å². The van der Waals surface area contributed by atoms with Gasteiger partial charge in [0.1, 0.15) is 0 Å². The molecular formula is C13H26N2O2S. The van der Waals surface area contributed by atoms with E-state index in [9.17, 15) is 8.42 Å². The molecule has 2 saturated heterocycles. The first-order chi connectivity index (χ1) is 8.53. The van der Waals surface area contributed by atoms with Crippen molar-refractivity contribution in [2.75, 3.05) is 24.6 Å². The Morgan fingerprint density at radius 3 is 2.72 bits per heavy atom. The molecule has 2 fully saturated rings. The summed E-state index contributed by atoms with van der Waals surface area (Å²) < 4.78 is 24.0. The third-order valence-corrected chi connectivity index (χ3v) is 6.56. The van der Waals surface area contributed by atoms with E-state index in [1.54, 1.807) is 0 Å². The second kappa shape index (κ2) is 5.47. The van der Waals surface area contributed by atoms with Gasteiger partial charge in [-0.1, -0.05) is 13.3 Å². The van der Waals surface area contributed by atoms with E-state index in [1.165, 1.54) is 19.3 Å². The molecule has 106 valence electrons. The molecule has 0 bridgehead atoms. The standard InChI is InChI=1S/C13H26N2O2S/c1-2-12-6-3-4-8-15(12)13(10-14)7-5-9-18(16,17)11-13/h12H,2-11,14H2,1H3. The molecule has 2 rings (SSSR count). The Morgan fingerprint density at radius 1 is 1.33 bits per heavy atom. The second-order valence-electron chi connectivity index (χ2n) is 5.88. The Morgan fingerprint density at radius 2 is 2.11 bits per heavy atom. The largest absolute Gasteiger partial charge is 0.329 e. The third-order valence-electron chi connectivity index (χ3n) is 4.67.